The van der Waals surface area contributed by atoms with E-state index in [1.54, 1.807) is 7.11 Å². The molecular formula is C18H27O. The van der Waals surface area contributed by atoms with Crippen molar-refractivity contribution >= 4 is 6.08 Å². The zero-order valence-corrected chi connectivity index (χ0v) is 12.4. The Morgan fingerprint density at radius 3 is 2.37 bits per heavy atom. The smallest absolute Gasteiger partial charge is 0.119 e. The minimum atomic E-state index is 1.05. The molecule has 0 fully saturated rings. The molecule has 0 aliphatic rings. The zero-order valence-electron chi connectivity index (χ0n) is 12.4. The van der Waals surface area contributed by atoms with Crippen molar-refractivity contribution in [2.45, 2.75) is 51.9 Å². The first kappa shape index (κ1) is 16.0. The summed E-state index contributed by atoms with van der Waals surface area (Å²) in [5.74, 6) is 0. The summed E-state index contributed by atoms with van der Waals surface area (Å²) in [6.07, 6.45) is 14.3. The van der Waals surface area contributed by atoms with E-state index in [0.29, 0.717) is 0 Å². The molecule has 0 heterocycles. The first-order valence-corrected chi connectivity index (χ1v) is 7.49. The van der Waals surface area contributed by atoms with Gasteiger partial charge in [-0.1, -0.05) is 81.9 Å². The molecule has 1 rings (SSSR count). The highest BCUT2D eigenvalue weighted by molar-refractivity contribution is 5.50. The highest BCUT2D eigenvalue weighted by Crippen LogP contribution is 2.17. The van der Waals surface area contributed by atoms with E-state index >= 15 is 0 Å². The van der Waals surface area contributed by atoms with E-state index < -0.39 is 0 Å². The lowest BCUT2D eigenvalue weighted by Gasteiger charge is -2.09. The maximum absolute atomic E-state index is 5.43. The maximum Gasteiger partial charge on any atom is 0.119 e. The normalized spacial score (nSPS) is 11.5. The molecule has 0 aliphatic heterocycles. The fourth-order valence-electron chi connectivity index (χ4n) is 2.09. The van der Waals surface area contributed by atoms with Gasteiger partial charge >= 0.3 is 0 Å². The average molecular weight is 259 g/mol. The van der Waals surface area contributed by atoms with E-state index in [-0.39, 0.29) is 0 Å². The molecule has 0 aliphatic carbocycles. The summed E-state index contributed by atoms with van der Waals surface area (Å²) in [7, 11) is 1.77. The van der Waals surface area contributed by atoms with Gasteiger partial charge in [-0.25, -0.2) is 0 Å². The van der Waals surface area contributed by atoms with Crippen LogP contribution in [0.25, 0.3) is 6.08 Å². The van der Waals surface area contributed by atoms with Gasteiger partial charge < -0.3 is 4.74 Å². The Hall–Kier alpha value is -1.08. The Kier molecular flexibility index (Phi) is 9.09. The molecule has 1 aromatic rings. The third-order valence-electron chi connectivity index (χ3n) is 3.30. The first-order chi connectivity index (χ1) is 9.36. The van der Waals surface area contributed by atoms with Crippen molar-refractivity contribution in [1.82, 2.24) is 0 Å². The summed E-state index contributed by atoms with van der Waals surface area (Å²) < 4.78 is 5.43. The highest BCUT2D eigenvalue weighted by Gasteiger charge is 2.03. The van der Waals surface area contributed by atoms with Gasteiger partial charge in [-0.15, -0.1) is 0 Å². The molecular weight excluding hydrogens is 232 g/mol. The number of benzene rings is 1. The summed E-state index contributed by atoms with van der Waals surface area (Å²) in [5, 5.41) is 0. The monoisotopic (exact) mass is 259 g/mol. The topological polar surface area (TPSA) is 9.23 Å². The molecule has 0 N–H and O–H groups in total. The molecule has 1 radical (unpaired) electrons. The van der Waals surface area contributed by atoms with E-state index in [1.807, 2.05) is 6.07 Å². The Balaban J connectivity index is 2.20. The number of rotatable bonds is 10. The Bertz CT molecular complexity index is 329. The van der Waals surface area contributed by atoms with Gasteiger partial charge in [-0.3, -0.25) is 0 Å². The number of hydrogen-bond acceptors (Lipinski definition) is 1. The maximum atomic E-state index is 5.43. The van der Waals surface area contributed by atoms with Gasteiger partial charge in [0, 0.05) is 7.11 Å². The van der Waals surface area contributed by atoms with Crippen molar-refractivity contribution < 1.29 is 4.74 Å². The Morgan fingerprint density at radius 2 is 1.68 bits per heavy atom. The number of hydrogen-bond donors (Lipinski definition) is 0. The van der Waals surface area contributed by atoms with Crippen LogP contribution in [-0.2, 0) is 4.74 Å². The quantitative estimate of drug-likeness (QED) is 0.495. The summed E-state index contributed by atoms with van der Waals surface area (Å²) in [4.78, 5) is 0. The molecule has 0 saturated carbocycles. The van der Waals surface area contributed by atoms with Crippen LogP contribution in [0.5, 0.6) is 0 Å². The molecule has 0 amide bonds. The second-order valence-electron chi connectivity index (χ2n) is 4.93. The van der Waals surface area contributed by atoms with Crippen LogP contribution in [0.15, 0.2) is 36.4 Å². The van der Waals surface area contributed by atoms with Crippen molar-refractivity contribution in [3.63, 3.8) is 0 Å². The molecule has 0 aromatic heterocycles. The van der Waals surface area contributed by atoms with E-state index in [2.05, 4.69) is 43.3 Å². The van der Waals surface area contributed by atoms with Gasteiger partial charge in [0.1, 0.15) is 6.10 Å². The Labute approximate surface area is 118 Å². The van der Waals surface area contributed by atoms with E-state index in [0.717, 1.165) is 12.5 Å². The molecule has 0 atom stereocenters. The number of methoxy groups -OCH3 is 1. The fraction of sp³-hybridized carbons (Fsp3) is 0.500. The third-order valence-corrected chi connectivity index (χ3v) is 3.30. The van der Waals surface area contributed by atoms with Gasteiger partial charge in [-0.2, -0.15) is 0 Å². The molecule has 105 valence electrons. The molecule has 19 heavy (non-hydrogen) atoms. The van der Waals surface area contributed by atoms with Crippen molar-refractivity contribution in [2.24, 2.45) is 0 Å². The molecule has 1 heteroatoms. The number of ether oxygens (including phenoxy) is 1. The van der Waals surface area contributed by atoms with Gasteiger partial charge in [-0.05, 0) is 18.1 Å². The van der Waals surface area contributed by atoms with Gasteiger partial charge in [0.05, 0.1) is 0 Å². The standard InChI is InChI=1S/C18H27O/c1-3-4-5-6-7-11-14-18(19-2)16-15-17-12-9-8-10-13-17/h8-10,12-13,15-16H,3-7,11,14H2,1-2H3/b16-15+. The predicted octanol–water partition coefficient (Wildman–Crippen LogP) is 5.63. The SMILES string of the molecule is CCCCCCCC[C](/C=C/c1ccccc1)OC. The lowest BCUT2D eigenvalue weighted by atomic mass is 10.1. The van der Waals surface area contributed by atoms with Crippen LogP contribution < -0.4 is 0 Å². The highest BCUT2D eigenvalue weighted by atomic mass is 16.5. The van der Waals surface area contributed by atoms with Gasteiger partial charge in [0.2, 0.25) is 0 Å². The average Bonchev–Trinajstić information content (AvgIpc) is 2.47. The molecule has 0 unspecified atom stereocenters. The first-order valence-electron chi connectivity index (χ1n) is 7.49. The molecule has 0 bridgehead atoms. The predicted molar refractivity (Wildman–Crippen MR) is 83.7 cm³/mol. The number of unbranched alkanes of at least 4 members (excludes halogenated alkanes) is 5. The van der Waals surface area contributed by atoms with Crippen LogP contribution in [0.2, 0.25) is 0 Å². The molecule has 1 aromatic carbocycles. The van der Waals surface area contributed by atoms with Gasteiger partial charge in [0.15, 0.2) is 0 Å². The summed E-state index contributed by atoms with van der Waals surface area (Å²) in [6, 6.07) is 10.4. The van der Waals surface area contributed by atoms with Crippen LogP contribution in [0.4, 0.5) is 0 Å². The Morgan fingerprint density at radius 1 is 1.00 bits per heavy atom. The van der Waals surface area contributed by atoms with E-state index in [9.17, 15) is 0 Å². The van der Waals surface area contributed by atoms with Crippen LogP contribution in [0, 0.1) is 6.10 Å². The minimum absolute atomic E-state index is 1.05. The van der Waals surface area contributed by atoms with Gasteiger partial charge in [0.25, 0.3) is 0 Å². The minimum Gasteiger partial charge on any atom is -0.371 e. The second kappa shape index (κ2) is 10.8. The lowest BCUT2D eigenvalue weighted by molar-refractivity contribution is 0.219. The fourth-order valence-corrected chi connectivity index (χ4v) is 2.09. The van der Waals surface area contributed by atoms with Crippen molar-refractivity contribution in [3.05, 3.63) is 48.1 Å². The van der Waals surface area contributed by atoms with Crippen LogP contribution in [0.3, 0.4) is 0 Å². The molecule has 1 nitrogen and oxygen atoms in total. The van der Waals surface area contributed by atoms with Crippen LogP contribution in [0.1, 0.15) is 57.4 Å². The second-order valence-corrected chi connectivity index (χ2v) is 4.93. The zero-order chi connectivity index (χ0) is 13.8. The van der Waals surface area contributed by atoms with Crippen LogP contribution in [-0.4, -0.2) is 7.11 Å². The van der Waals surface area contributed by atoms with Crippen molar-refractivity contribution in [3.8, 4) is 0 Å². The summed E-state index contributed by atoms with van der Waals surface area (Å²) in [5.41, 5.74) is 1.22. The van der Waals surface area contributed by atoms with Crippen molar-refractivity contribution in [1.29, 1.82) is 0 Å². The van der Waals surface area contributed by atoms with Crippen molar-refractivity contribution in [2.75, 3.05) is 7.11 Å². The summed E-state index contributed by atoms with van der Waals surface area (Å²) in [6.45, 7) is 2.26. The molecule has 0 saturated heterocycles. The van der Waals surface area contributed by atoms with E-state index in [4.69, 9.17) is 4.74 Å². The third kappa shape index (κ3) is 7.84. The van der Waals surface area contributed by atoms with Crippen LogP contribution >= 0.6 is 0 Å². The van der Waals surface area contributed by atoms with E-state index in [1.165, 1.54) is 44.1 Å². The lowest BCUT2D eigenvalue weighted by Crippen LogP contribution is -1.96. The largest absolute Gasteiger partial charge is 0.371 e. The summed E-state index contributed by atoms with van der Waals surface area (Å²) >= 11 is 0. The molecule has 0 spiro atoms.